The Morgan fingerprint density at radius 2 is 2.24 bits per heavy atom. The zero-order chi connectivity index (χ0) is 11.7. The van der Waals surface area contributed by atoms with E-state index in [0.29, 0.717) is 5.82 Å². The summed E-state index contributed by atoms with van der Waals surface area (Å²) in [5.74, 6) is 0.579. The largest absolute Gasteiger partial charge is 0.383 e. The second kappa shape index (κ2) is 4.14. The number of thiophene rings is 1. The molecule has 4 heteroatoms. The highest BCUT2D eigenvalue weighted by atomic mass is 32.1. The molecule has 0 aliphatic rings. The van der Waals surface area contributed by atoms with Crippen molar-refractivity contribution >= 4 is 27.9 Å². The summed E-state index contributed by atoms with van der Waals surface area (Å²) in [6.45, 7) is 0. The summed E-state index contributed by atoms with van der Waals surface area (Å²) in [6.07, 6.45) is 4.38. The fourth-order valence-corrected chi connectivity index (χ4v) is 2.54. The molecule has 0 aliphatic carbocycles. The van der Waals surface area contributed by atoms with Crippen molar-refractivity contribution in [3.8, 4) is 0 Å². The van der Waals surface area contributed by atoms with Crippen molar-refractivity contribution < 1.29 is 0 Å². The summed E-state index contributed by atoms with van der Waals surface area (Å²) in [5.41, 5.74) is 8.21. The van der Waals surface area contributed by atoms with Crippen LogP contribution in [0, 0.1) is 0 Å². The van der Waals surface area contributed by atoms with E-state index in [2.05, 4.69) is 32.9 Å². The van der Waals surface area contributed by atoms with Gasteiger partial charge in [0.1, 0.15) is 5.82 Å². The summed E-state index contributed by atoms with van der Waals surface area (Å²) < 4.78 is 0. The van der Waals surface area contributed by atoms with Crippen LogP contribution < -0.4 is 5.73 Å². The van der Waals surface area contributed by atoms with Crippen molar-refractivity contribution in [2.75, 3.05) is 5.73 Å². The van der Waals surface area contributed by atoms with Crippen LogP contribution in [0.25, 0.3) is 10.8 Å². The molecule has 0 fully saturated rings. The first-order valence-electron chi connectivity index (χ1n) is 5.33. The summed E-state index contributed by atoms with van der Waals surface area (Å²) in [6, 6.07) is 6.05. The van der Waals surface area contributed by atoms with Crippen LogP contribution in [0.4, 0.5) is 5.82 Å². The molecule has 2 N–H and O–H groups in total. The number of hydrogen-bond acceptors (Lipinski definition) is 4. The van der Waals surface area contributed by atoms with E-state index in [1.165, 1.54) is 5.56 Å². The standard InChI is InChI=1S/C13H11N3S/c14-13-12-1-3-15-7-10(12)6-11(16-13)5-9-2-4-17-8-9/h1-4,6-8H,5H2,(H2,14,16). The van der Waals surface area contributed by atoms with Gasteiger partial charge in [0.05, 0.1) is 0 Å². The summed E-state index contributed by atoms with van der Waals surface area (Å²) in [4.78, 5) is 8.54. The number of aromatic nitrogens is 2. The Bertz CT molecular complexity index is 647. The van der Waals surface area contributed by atoms with Crippen molar-refractivity contribution in [3.05, 3.63) is 52.6 Å². The van der Waals surface area contributed by atoms with E-state index in [-0.39, 0.29) is 0 Å². The molecule has 3 heterocycles. The molecule has 0 aliphatic heterocycles. The molecule has 0 bridgehead atoms. The van der Waals surface area contributed by atoms with Crippen LogP contribution in [0.5, 0.6) is 0 Å². The van der Waals surface area contributed by atoms with Gasteiger partial charge in [-0.1, -0.05) is 0 Å². The minimum atomic E-state index is 0.579. The van der Waals surface area contributed by atoms with E-state index in [4.69, 9.17) is 5.73 Å². The van der Waals surface area contributed by atoms with Crippen LogP contribution in [0.3, 0.4) is 0 Å². The van der Waals surface area contributed by atoms with Crippen LogP contribution in [0.15, 0.2) is 41.4 Å². The average Bonchev–Trinajstić information content (AvgIpc) is 2.82. The normalized spacial score (nSPS) is 10.8. The van der Waals surface area contributed by atoms with Crippen LogP contribution in [-0.2, 0) is 6.42 Å². The molecular weight excluding hydrogens is 230 g/mol. The Hall–Kier alpha value is -1.94. The number of pyridine rings is 2. The number of hydrogen-bond donors (Lipinski definition) is 1. The lowest BCUT2D eigenvalue weighted by atomic mass is 10.1. The Morgan fingerprint density at radius 1 is 1.29 bits per heavy atom. The van der Waals surface area contributed by atoms with Gasteiger partial charge in [-0.05, 0) is 34.5 Å². The Labute approximate surface area is 103 Å². The SMILES string of the molecule is Nc1nc(Cc2ccsc2)cc2cnccc12. The first kappa shape index (κ1) is 10.2. The van der Waals surface area contributed by atoms with Crippen molar-refractivity contribution in [1.82, 2.24) is 9.97 Å². The molecule has 84 valence electrons. The Morgan fingerprint density at radius 3 is 3.06 bits per heavy atom. The van der Waals surface area contributed by atoms with E-state index in [1.807, 2.05) is 12.3 Å². The van der Waals surface area contributed by atoms with Gasteiger partial charge < -0.3 is 5.73 Å². The molecule has 0 atom stereocenters. The third kappa shape index (κ3) is 1.99. The third-order valence-electron chi connectivity index (χ3n) is 2.68. The molecule has 3 aromatic rings. The Balaban J connectivity index is 2.06. The number of fused-ring (bicyclic) bond motifs is 1. The van der Waals surface area contributed by atoms with Crippen molar-refractivity contribution in [2.24, 2.45) is 0 Å². The van der Waals surface area contributed by atoms with Gasteiger partial charge >= 0.3 is 0 Å². The average molecular weight is 241 g/mol. The lowest BCUT2D eigenvalue weighted by Crippen LogP contribution is -1.98. The van der Waals surface area contributed by atoms with E-state index in [0.717, 1.165) is 22.9 Å². The van der Waals surface area contributed by atoms with E-state index in [1.54, 1.807) is 17.5 Å². The van der Waals surface area contributed by atoms with E-state index in [9.17, 15) is 0 Å². The highest BCUT2D eigenvalue weighted by Gasteiger charge is 2.04. The smallest absolute Gasteiger partial charge is 0.131 e. The van der Waals surface area contributed by atoms with Crippen LogP contribution in [0.1, 0.15) is 11.3 Å². The summed E-state index contributed by atoms with van der Waals surface area (Å²) >= 11 is 1.70. The maximum absolute atomic E-state index is 5.95. The number of nitrogen functional groups attached to an aromatic ring is 1. The lowest BCUT2D eigenvalue weighted by molar-refractivity contribution is 1.10. The van der Waals surface area contributed by atoms with Crippen LogP contribution in [-0.4, -0.2) is 9.97 Å². The van der Waals surface area contributed by atoms with Gasteiger partial charge in [0.2, 0.25) is 0 Å². The van der Waals surface area contributed by atoms with Crippen molar-refractivity contribution in [1.29, 1.82) is 0 Å². The summed E-state index contributed by atoms with van der Waals surface area (Å²) in [5, 5.41) is 6.21. The van der Waals surface area contributed by atoms with Gasteiger partial charge in [0.25, 0.3) is 0 Å². The maximum Gasteiger partial charge on any atom is 0.131 e. The minimum absolute atomic E-state index is 0.579. The van der Waals surface area contributed by atoms with Crippen molar-refractivity contribution in [2.45, 2.75) is 6.42 Å². The first-order valence-corrected chi connectivity index (χ1v) is 6.27. The zero-order valence-electron chi connectivity index (χ0n) is 9.13. The first-order chi connectivity index (χ1) is 8.33. The van der Waals surface area contributed by atoms with Gasteiger partial charge in [0.15, 0.2) is 0 Å². The van der Waals surface area contributed by atoms with Crippen molar-refractivity contribution in [3.63, 3.8) is 0 Å². The molecule has 3 rings (SSSR count). The van der Waals surface area contributed by atoms with Crippen LogP contribution in [0.2, 0.25) is 0 Å². The predicted octanol–water partition coefficient (Wildman–Crippen LogP) is 2.86. The molecule has 3 aromatic heterocycles. The molecule has 17 heavy (non-hydrogen) atoms. The minimum Gasteiger partial charge on any atom is -0.383 e. The van der Waals surface area contributed by atoms with E-state index >= 15 is 0 Å². The van der Waals surface area contributed by atoms with E-state index < -0.39 is 0 Å². The quantitative estimate of drug-likeness (QED) is 0.750. The Kier molecular flexibility index (Phi) is 2.49. The summed E-state index contributed by atoms with van der Waals surface area (Å²) in [7, 11) is 0. The number of nitrogens with two attached hydrogens (primary N) is 1. The van der Waals surface area contributed by atoms with Crippen LogP contribution >= 0.6 is 11.3 Å². The molecule has 0 spiro atoms. The molecule has 0 saturated heterocycles. The van der Waals surface area contributed by atoms with Gasteiger partial charge in [-0.3, -0.25) is 4.98 Å². The molecule has 0 unspecified atom stereocenters. The van der Waals surface area contributed by atoms with Gasteiger partial charge in [-0.15, -0.1) is 0 Å². The second-order valence-corrected chi connectivity index (χ2v) is 4.68. The highest BCUT2D eigenvalue weighted by Crippen LogP contribution is 2.21. The molecule has 0 amide bonds. The lowest BCUT2D eigenvalue weighted by Gasteiger charge is -2.04. The highest BCUT2D eigenvalue weighted by molar-refractivity contribution is 7.07. The molecule has 0 aromatic carbocycles. The molecule has 0 saturated carbocycles. The number of nitrogens with zero attached hydrogens (tertiary/aromatic N) is 2. The van der Waals surface area contributed by atoms with Gasteiger partial charge in [-0.2, -0.15) is 11.3 Å². The topological polar surface area (TPSA) is 51.8 Å². The third-order valence-corrected chi connectivity index (χ3v) is 3.41. The van der Waals surface area contributed by atoms with Gasteiger partial charge in [0, 0.05) is 35.3 Å². The number of rotatable bonds is 2. The fourth-order valence-electron chi connectivity index (χ4n) is 1.87. The molecule has 0 radical (unpaired) electrons. The predicted molar refractivity (Wildman–Crippen MR) is 71.1 cm³/mol. The fraction of sp³-hybridized carbons (Fsp3) is 0.0769. The number of anilines is 1. The van der Waals surface area contributed by atoms with Gasteiger partial charge in [-0.25, -0.2) is 4.98 Å². The molecule has 3 nitrogen and oxygen atoms in total. The second-order valence-electron chi connectivity index (χ2n) is 3.90. The zero-order valence-corrected chi connectivity index (χ0v) is 9.95. The molecular formula is C13H11N3S. The maximum atomic E-state index is 5.95. The monoisotopic (exact) mass is 241 g/mol.